The average molecular weight is 268 g/mol. The van der Waals surface area contributed by atoms with Gasteiger partial charge in [-0.25, -0.2) is 4.98 Å². The van der Waals surface area contributed by atoms with Gasteiger partial charge in [-0.15, -0.1) is 0 Å². The number of hydrogen-bond acceptors (Lipinski definition) is 3. The summed E-state index contributed by atoms with van der Waals surface area (Å²) in [6, 6.07) is 0.996. The minimum Gasteiger partial charge on any atom is -0.326 e. The molecule has 19 heavy (non-hydrogen) atoms. The highest BCUT2D eigenvalue weighted by molar-refractivity contribution is 5.63. The molecule has 1 N–H and O–H groups in total. The van der Waals surface area contributed by atoms with Crippen LogP contribution in [0.4, 0.5) is 13.2 Å². The van der Waals surface area contributed by atoms with Crippen LogP contribution in [0.1, 0.15) is 11.4 Å². The molecule has 1 aliphatic rings. The summed E-state index contributed by atoms with van der Waals surface area (Å²) in [5.74, 6) is 0.748. The zero-order valence-corrected chi connectivity index (χ0v) is 9.91. The summed E-state index contributed by atoms with van der Waals surface area (Å²) in [5.41, 5.74) is -0.128. The Balaban J connectivity index is 2.15. The van der Waals surface area contributed by atoms with E-state index in [4.69, 9.17) is 0 Å². The first-order chi connectivity index (χ1) is 9.07. The molecule has 0 saturated heterocycles. The predicted molar refractivity (Wildman–Crippen MR) is 62.2 cm³/mol. The number of hydrogen-bond donors (Lipinski definition) is 1. The Morgan fingerprint density at radius 1 is 1.26 bits per heavy atom. The number of aromatic nitrogens is 3. The normalized spacial score (nSPS) is 15.3. The fourth-order valence-electron chi connectivity index (χ4n) is 2.26. The average Bonchev–Trinajstić information content (AvgIpc) is 2.81. The van der Waals surface area contributed by atoms with E-state index in [1.807, 2.05) is 4.57 Å². The molecule has 0 spiro atoms. The van der Waals surface area contributed by atoms with Crippen molar-refractivity contribution >= 4 is 0 Å². The molecular formula is C12H11F3N4. The summed E-state index contributed by atoms with van der Waals surface area (Å²) < 4.78 is 40.8. The third-order valence-corrected chi connectivity index (χ3v) is 3.14. The maximum absolute atomic E-state index is 13.0. The minimum atomic E-state index is -4.39. The molecule has 0 unspecified atom stereocenters. The van der Waals surface area contributed by atoms with Crippen LogP contribution in [-0.2, 0) is 19.3 Å². The second kappa shape index (κ2) is 4.34. The summed E-state index contributed by atoms with van der Waals surface area (Å²) in [7, 11) is 0. The number of pyridine rings is 1. The third kappa shape index (κ3) is 2.10. The van der Waals surface area contributed by atoms with E-state index in [1.54, 1.807) is 0 Å². The van der Waals surface area contributed by atoms with Crippen LogP contribution in [0.15, 0.2) is 24.7 Å². The minimum absolute atomic E-state index is 0.0793. The zero-order chi connectivity index (χ0) is 13.5. The van der Waals surface area contributed by atoms with Crippen LogP contribution < -0.4 is 5.32 Å². The lowest BCUT2D eigenvalue weighted by Crippen LogP contribution is -2.28. The van der Waals surface area contributed by atoms with Gasteiger partial charge in [0.15, 0.2) is 0 Å². The Kier molecular flexibility index (Phi) is 2.78. The van der Waals surface area contributed by atoms with Gasteiger partial charge in [-0.05, 0) is 6.07 Å². The molecule has 0 aliphatic carbocycles. The van der Waals surface area contributed by atoms with Gasteiger partial charge in [-0.2, -0.15) is 13.2 Å². The molecule has 0 fully saturated rings. The van der Waals surface area contributed by atoms with E-state index in [1.165, 1.54) is 12.4 Å². The van der Waals surface area contributed by atoms with Crippen molar-refractivity contribution in [3.05, 3.63) is 36.0 Å². The van der Waals surface area contributed by atoms with E-state index in [-0.39, 0.29) is 5.56 Å². The van der Waals surface area contributed by atoms with Gasteiger partial charge in [0.1, 0.15) is 5.82 Å². The molecule has 0 radical (unpaired) electrons. The molecule has 3 heterocycles. The van der Waals surface area contributed by atoms with Crippen LogP contribution in [0.25, 0.3) is 11.3 Å². The largest absolute Gasteiger partial charge is 0.417 e. The Bertz CT molecular complexity index is 603. The summed E-state index contributed by atoms with van der Waals surface area (Å²) in [5, 5.41) is 3.13. The van der Waals surface area contributed by atoms with Gasteiger partial charge in [0.25, 0.3) is 0 Å². The molecule has 100 valence electrons. The second-order valence-corrected chi connectivity index (χ2v) is 4.31. The lowest BCUT2D eigenvalue weighted by atomic mass is 10.1. The first-order valence-corrected chi connectivity index (χ1v) is 5.84. The van der Waals surface area contributed by atoms with Crippen LogP contribution in [-0.4, -0.2) is 21.1 Å². The van der Waals surface area contributed by atoms with Crippen molar-refractivity contribution in [3.63, 3.8) is 0 Å². The fraction of sp³-hybridized carbons (Fsp3) is 0.333. The first kappa shape index (κ1) is 12.2. The highest BCUT2D eigenvalue weighted by Crippen LogP contribution is 2.36. The van der Waals surface area contributed by atoms with Gasteiger partial charge >= 0.3 is 6.18 Å². The van der Waals surface area contributed by atoms with Gasteiger partial charge in [-0.3, -0.25) is 4.98 Å². The maximum Gasteiger partial charge on any atom is 0.417 e. The van der Waals surface area contributed by atoms with Crippen LogP contribution >= 0.6 is 0 Å². The fourth-order valence-corrected chi connectivity index (χ4v) is 2.26. The lowest BCUT2D eigenvalue weighted by molar-refractivity contribution is -0.137. The molecule has 0 aromatic carbocycles. The van der Waals surface area contributed by atoms with Gasteiger partial charge < -0.3 is 9.88 Å². The molecule has 2 aromatic rings. The molecule has 7 heteroatoms. The van der Waals surface area contributed by atoms with Crippen molar-refractivity contribution in [2.75, 3.05) is 6.54 Å². The maximum atomic E-state index is 13.0. The number of halogens is 3. The van der Waals surface area contributed by atoms with Gasteiger partial charge in [0.05, 0.1) is 24.0 Å². The van der Waals surface area contributed by atoms with E-state index < -0.39 is 11.7 Å². The Labute approximate surface area is 107 Å². The van der Waals surface area contributed by atoms with E-state index in [2.05, 4.69) is 15.3 Å². The first-order valence-electron chi connectivity index (χ1n) is 5.84. The Morgan fingerprint density at radius 3 is 2.89 bits per heavy atom. The number of nitrogens with one attached hydrogen (secondary N) is 1. The highest BCUT2D eigenvalue weighted by Gasteiger charge is 2.34. The van der Waals surface area contributed by atoms with Crippen molar-refractivity contribution in [1.29, 1.82) is 0 Å². The summed E-state index contributed by atoms with van der Waals surface area (Å²) in [6.07, 6.45) is -0.513. The summed E-state index contributed by atoms with van der Waals surface area (Å²) in [4.78, 5) is 7.97. The molecule has 4 nitrogen and oxygen atoms in total. The predicted octanol–water partition coefficient (Wildman–Crippen LogP) is 2.07. The molecule has 2 aromatic heterocycles. The zero-order valence-electron chi connectivity index (χ0n) is 9.91. The number of fused-ring (bicyclic) bond motifs is 1. The van der Waals surface area contributed by atoms with Crippen molar-refractivity contribution in [3.8, 4) is 11.3 Å². The SMILES string of the molecule is FC(F)(F)c1ccncc1-c1cnc2n1CCNC2. The number of imidazole rings is 1. The van der Waals surface area contributed by atoms with Gasteiger partial charge in [-0.1, -0.05) is 0 Å². The van der Waals surface area contributed by atoms with E-state index in [9.17, 15) is 13.2 Å². The van der Waals surface area contributed by atoms with Crippen LogP contribution in [0.5, 0.6) is 0 Å². The standard InChI is InChI=1S/C12H11F3N4/c13-12(14,15)9-1-2-16-5-8(9)10-6-18-11-7-17-3-4-19(10)11/h1-2,5-6,17H,3-4,7H2. The van der Waals surface area contributed by atoms with Crippen molar-refractivity contribution < 1.29 is 13.2 Å². The van der Waals surface area contributed by atoms with Crippen molar-refractivity contribution in [2.45, 2.75) is 19.3 Å². The summed E-state index contributed by atoms with van der Waals surface area (Å²) >= 11 is 0. The van der Waals surface area contributed by atoms with Crippen LogP contribution in [0.2, 0.25) is 0 Å². The lowest BCUT2D eigenvalue weighted by Gasteiger charge is -2.19. The number of alkyl halides is 3. The van der Waals surface area contributed by atoms with Gasteiger partial charge in [0.2, 0.25) is 0 Å². The second-order valence-electron chi connectivity index (χ2n) is 4.31. The molecule has 3 rings (SSSR count). The molecule has 0 atom stereocenters. The number of nitrogens with zero attached hydrogens (tertiary/aromatic N) is 3. The molecular weight excluding hydrogens is 257 g/mol. The summed E-state index contributed by atoms with van der Waals surface area (Å²) in [6.45, 7) is 1.90. The highest BCUT2D eigenvalue weighted by atomic mass is 19.4. The van der Waals surface area contributed by atoms with Crippen molar-refractivity contribution in [2.24, 2.45) is 0 Å². The molecule has 0 saturated carbocycles. The van der Waals surface area contributed by atoms with E-state index in [0.717, 1.165) is 24.6 Å². The number of rotatable bonds is 1. The molecule has 1 aliphatic heterocycles. The topological polar surface area (TPSA) is 42.7 Å². The molecule has 0 bridgehead atoms. The molecule has 0 amide bonds. The monoisotopic (exact) mass is 268 g/mol. The van der Waals surface area contributed by atoms with E-state index in [0.29, 0.717) is 18.8 Å². The Morgan fingerprint density at radius 2 is 2.11 bits per heavy atom. The van der Waals surface area contributed by atoms with Crippen LogP contribution in [0.3, 0.4) is 0 Å². The van der Waals surface area contributed by atoms with E-state index >= 15 is 0 Å². The Hall–Kier alpha value is -1.89. The third-order valence-electron chi connectivity index (χ3n) is 3.14. The smallest absolute Gasteiger partial charge is 0.326 e. The van der Waals surface area contributed by atoms with Crippen molar-refractivity contribution in [1.82, 2.24) is 19.9 Å². The quantitative estimate of drug-likeness (QED) is 0.861. The van der Waals surface area contributed by atoms with Crippen LogP contribution in [0, 0.1) is 0 Å². The van der Waals surface area contributed by atoms with Gasteiger partial charge in [0, 0.05) is 31.0 Å².